The molecule has 0 saturated carbocycles. The molecule has 0 atom stereocenters. The van der Waals surface area contributed by atoms with E-state index < -0.39 is 10.4 Å². The van der Waals surface area contributed by atoms with Gasteiger partial charge in [0.15, 0.2) is 0 Å². The molecule has 0 amide bonds. The Morgan fingerprint density at radius 1 is 0.656 bits per heavy atom. The normalized spacial score (nSPS) is 10.6. The Morgan fingerprint density at radius 2 is 1.06 bits per heavy atom. The van der Waals surface area contributed by atoms with E-state index in [0.717, 1.165) is 12.8 Å². The molecule has 0 rings (SSSR count). The van der Waals surface area contributed by atoms with Crippen LogP contribution in [0, 0.1) is 0 Å². The zero-order valence-electron chi connectivity index (χ0n) is 20.6. The molecule has 0 heterocycles. The summed E-state index contributed by atoms with van der Waals surface area (Å²) >= 11 is 0. The minimum absolute atomic E-state index is 0. The van der Waals surface area contributed by atoms with Gasteiger partial charge in [-0.1, -0.05) is 64.7 Å². The molecule has 32 heavy (non-hydrogen) atoms. The van der Waals surface area contributed by atoms with E-state index in [1.165, 1.54) is 44.9 Å². The molecule has 0 saturated heterocycles. The van der Waals surface area contributed by atoms with Crippen LogP contribution in [-0.2, 0) is 28.8 Å². The summed E-state index contributed by atoms with van der Waals surface area (Å²) in [5.41, 5.74) is 0. The predicted molar refractivity (Wildman–Crippen MR) is 112 cm³/mol. The average molecular weight is 505 g/mol. The Kier molecular flexibility index (Phi) is 44.4. The quantitative estimate of drug-likeness (QED) is 0.0673. The van der Waals surface area contributed by atoms with Crippen LogP contribution in [0.15, 0.2) is 0 Å². The van der Waals surface area contributed by atoms with Gasteiger partial charge in [0.2, 0.25) is 10.4 Å². The maximum absolute atomic E-state index is 10.1. The molecule has 0 unspecified atom stereocenters. The van der Waals surface area contributed by atoms with Crippen molar-refractivity contribution in [1.29, 1.82) is 0 Å². The summed E-state index contributed by atoms with van der Waals surface area (Å²) in [6, 6.07) is 0. The Labute approximate surface area is 239 Å². The third-order valence-corrected chi connectivity index (χ3v) is 4.39. The minimum Gasteiger partial charge on any atom is -0.853 e. The van der Waals surface area contributed by atoms with Gasteiger partial charge in [0.05, 0.1) is 46.2 Å². The third kappa shape index (κ3) is 45.2. The molecule has 0 aromatic heterocycles. The van der Waals surface area contributed by atoms with Crippen LogP contribution < -0.4 is 64.2 Å². The molecular formula is C20H42Na2O9S. The fraction of sp³-hybridized carbons (Fsp3) is 1.00. The molecule has 0 fully saturated rings. The van der Waals surface area contributed by atoms with Crippen molar-refractivity contribution in [2.75, 3.05) is 59.5 Å². The summed E-state index contributed by atoms with van der Waals surface area (Å²) in [6.07, 6.45) is 11.7. The number of hydrogen-bond acceptors (Lipinski definition) is 9. The van der Waals surface area contributed by atoms with Crippen LogP contribution in [0.2, 0.25) is 0 Å². The van der Waals surface area contributed by atoms with Crippen LogP contribution in [-0.4, -0.2) is 77.5 Å². The number of aliphatic hydroxyl groups is 1. The van der Waals surface area contributed by atoms with E-state index in [2.05, 4.69) is 11.1 Å². The second kappa shape index (κ2) is 34.8. The van der Waals surface area contributed by atoms with Crippen LogP contribution in [0.3, 0.4) is 0 Å². The van der Waals surface area contributed by atoms with Gasteiger partial charge in [-0.25, -0.2) is 8.42 Å². The first-order valence-corrected chi connectivity index (χ1v) is 12.3. The van der Waals surface area contributed by atoms with E-state index in [4.69, 9.17) is 19.3 Å². The number of rotatable bonds is 22. The van der Waals surface area contributed by atoms with Gasteiger partial charge in [0.1, 0.15) is 0 Å². The molecule has 0 aliphatic carbocycles. The molecule has 0 spiro atoms. The number of ether oxygens (including phenoxy) is 3. The van der Waals surface area contributed by atoms with Crippen molar-refractivity contribution in [3.8, 4) is 0 Å². The van der Waals surface area contributed by atoms with Crippen molar-refractivity contribution >= 4 is 10.4 Å². The van der Waals surface area contributed by atoms with Crippen LogP contribution in [0.5, 0.6) is 0 Å². The topological polar surface area (TPSA) is 137 Å². The Morgan fingerprint density at radius 3 is 1.47 bits per heavy atom. The summed E-state index contributed by atoms with van der Waals surface area (Å²) in [6.45, 7) is 4.53. The summed E-state index contributed by atoms with van der Waals surface area (Å²) in [5.74, 6) is 0. The van der Waals surface area contributed by atoms with Crippen LogP contribution >= 0.6 is 0 Å². The molecule has 1 N–H and O–H groups in total. The zero-order valence-corrected chi connectivity index (χ0v) is 25.4. The summed E-state index contributed by atoms with van der Waals surface area (Å²) in [4.78, 5) is 0. The molecular weight excluding hydrogens is 462 g/mol. The van der Waals surface area contributed by atoms with E-state index in [1.807, 2.05) is 0 Å². The first kappa shape index (κ1) is 40.8. The van der Waals surface area contributed by atoms with Gasteiger partial charge in [-0.3, -0.25) is 4.18 Å². The largest absolute Gasteiger partial charge is 1.00 e. The number of unbranched alkanes of at least 4 members (excludes halogenated alkanes) is 9. The van der Waals surface area contributed by atoms with Gasteiger partial charge in [-0.05, 0) is 6.42 Å². The first-order valence-electron chi connectivity index (χ1n) is 11.0. The number of hydrogen-bond donors (Lipinski definition) is 1. The minimum atomic E-state index is -4.48. The molecule has 0 radical (unpaired) electrons. The summed E-state index contributed by atoms with van der Waals surface area (Å²) < 4.78 is 49.4. The number of aliphatic hydroxyl groups excluding tert-OH is 1. The van der Waals surface area contributed by atoms with Crippen LogP contribution in [0.25, 0.3) is 0 Å². The van der Waals surface area contributed by atoms with Gasteiger partial charge >= 0.3 is 59.1 Å². The van der Waals surface area contributed by atoms with E-state index in [1.54, 1.807) is 0 Å². The third-order valence-electron chi connectivity index (χ3n) is 3.93. The second-order valence-corrected chi connectivity index (χ2v) is 7.73. The molecule has 0 aliphatic rings. The van der Waals surface area contributed by atoms with Gasteiger partial charge in [0, 0.05) is 6.61 Å². The van der Waals surface area contributed by atoms with Crippen LogP contribution in [0.1, 0.15) is 71.1 Å². The fourth-order valence-electron chi connectivity index (χ4n) is 2.42. The standard InChI is InChI=1S/C12H26O4S.C8H17O5.2Na/c1-2-3-4-5-6-7-8-9-10-11-12-16-17(13,14)15;9-1-3-11-5-7-13-8-6-12-4-2-10;;/h2-12H2,1H3,(H,13,14,15);9H,1-8H2;;/q;-1;2*+1/p-1. The van der Waals surface area contributed by atoms with Gasteiger partial charge < -0.3 is 29.0 Å². The molecule has 0 aliphatic heterocycles. The second-order valence-electron chi connectivity index (χ2n) is 6.68. The monoisotopic (exact) mass is 504 g/mol. The molecule has 0 bridgehead atoms. The van der Waals surface area contributed by atoms with E-state index >= 15 is 0 Å². The first-order chi connectivity index (χ1) is 14.5. The van der Waals surface area contributed by atoms with Crippen molar-refractivity contribution in [3.05, 3.63) is 0 Å². The SMILES string of the molecule is CCCCCCCCCCCCOS(=O)(=O)[O-].[Na+].[Na+].[O-]CCOCCOCCOCCO. The Hall–Kier alpha value is 1.67. The van der Waals surface area contributed by atoms with E-state index in [0.29, 0.717) is 39.5 Å². The molecule has 12 heteroatoms. The predicted octanol–water partition coefficient (Wildman–Crippen LogP) is -4.22. The van der Waals surface area contributed by atoms with E-state index in [-0.39, 0.29) is 85.5 Å². The van der Waals surface area contributed by atoms with Crippen LogP contribution in [0.4, 0.5) is 0 Å². The van der Waals surface area contributed by atoms with Gasteiger partial charge in [-0.15, -0.1) is 6.61 Å². The average Bonchev–Trinajstić information content (AvgIpc) is 2.70. The van der Waals surface area contributed by atoms with Crippen molar-refractivity contribution in [3.63, 3.8) is 0 Å². The van der Waals surface area contributed by atoms with Gasteiger partial charge in [-0.2, -0.15) is 0 Å². The summed E-state index contributed by atoms with van der Waals surface area (Å²) in [7, 11) is -4.48. The molecule has 9 nitrogen and oxygen atoms in total. The van der Waals surface area contributed by atoms with E-state index in [9.17, 15) is 18.1 Å². The smallest absolute Gasteiger partial charge is 0.853 e. The Balaban J connectivity index is -0.000000238. The maximum Gasteiger partial charge on any atom is 1.00 e. The molecule has 0 aromatic carbocycles. The fourth-order valence-corrected chi connectivity index (χ4v) is 2.74. The zero-order chi connectivity index (χ0) is 22.8. The summed E-state index contributed by atoms with van der Waals surface area (Å²) in [5, 5.41) is 18.3. The van der Waals surface area contributed by atoms with Gasteiger partial charge in [0.25, 0.3) is 0 Å². The Bertz CT molecular complexity index is 406. The molecule has 0 aromatic rings. The van der Waals surface area contributed by atoms with Crippen molar-refractivity contribution in [2.45, 2.75) is 71.1 Å². The molecule has 184 valence electrons. The van der Waals surface area contributed by atoms with Crippen molar-refractivity contribution < 1.29 is 101 Å². The van der Waals surface area contributed by atoms with Crippen molar-refractivity contribution in [1.82, 2.24) is 0 Å². The van der Waals surface area contributed by atoms with Crippen molar-refractivity contribution in [2.24, 2.45) is 0 Å². The maximum atomic E-state index is 10.1.